The van der Waals surface area contributed by atoms with Crippen LogP contribution >= 0.6 is 0 Å². The van der Waals surface area contributed by atoms with Crippen molar-refractivity contribution in [3.63, 3.8) is 0 Å². The zero-order valence-corrected chi connectivity index (χ0v) is 16.5. The average molecular weight is 377 g/mol. The Morgan fingerprint density at radius 1 is 1.33 bits per heavy atom. The van der Waals surface area contributed by atoms with Gasteiger partial charge in [-0.1, -0.05) is 0 Å². The Morgan fingerprint density at radius 2 is 2.07 bits per heavy atom. The van der Waals surface area contributed by atoms with Crippen LogP contribution in [0.25, 0.3) is 0 Å². The number of likely N-dealkylation sites (tertiary alicyclic amines) is 1. The molecule has 0 aromatic carbocycles. The van der Waals surface area contributed by atoms with E-state index in [1.54, 1.807) is 23.2 Å². The number of pyridine rings is 1. The van der Waals surface area contributed by atoms with E-state index in [2.05, 4.69) is 20.5 Å². The largest absolute Gasteiger partial charge is 0.450 e. The minimum Gasteiger partial charge on any atom is -0.450 e. The van der Waals surface area contributed by atoms with Crippen LogP contribution in [0.4, 0.5) is 10.6 Å². The molecule has 2 amide bonds. The number of rotatable bonds is 8. The van der Waals surface area contributed by atoms with E-state index in [0.29, 0.717) is 37.6 Å². The van der Waals surface area contributed by atoms with Gasteiger partial charge in [0.05, 0.1) is 6.61 Å². The molecular formula is C19H31N5O3. The molecule has 0 radical (unpaired) electrons. The Bertz CT molecular complexity index is 615. The number of carbonyl (C=O) groups excluding carboxylic acids is 2. The molecule has 2 heterocycles. The lowest BCUT2D eigenvalue weighted by Crippen LogP contribution is -2.42. The number of carbonyl (C=O) groups is 2. The van der Waals surface area contributed by atoms with Gasteiger partial charge in [-0.25, -0.2) is 9.78 Å². The SMILES string of the molecule is CCOC(=O)N1CCC(Nc2cc(C(=O)NCCCN(C)C)ccn2)CC1. The molecule has 1 aliphatic heterocycles. The van der Waals surface area contributed by atoms with Gasteiger partial charge in [-0.05, 0) is 59.0 Å². The van der Waals surface area contributed by atoms with Crippen LogP contribution in [-0.2, 0) is 4.74 Å². The van der Waals surface area contributed by atoms with Crippen molar-refractivity contribution in [1.29, 1.82) is 0 Å². The molecule has 1 aromatic heterocycles. The quantitative estimate of drug-likeness (QED) is 0.672. The molecule has 0 saturated carbocycles. The van der Waals surface area contributed by atoms with Crippen molar-refractivity contribution in [3.05, 3.63) is 23.9 Å². The third-order valence-corrected chi connectivity index (χ3v) is 4.46. The van der Waals surface area contributed by atoms with Crippen LogP contribution in [0.1, 0.15) is 36.5 Å². The Morgan fingerprint density at radius 3 is 2.74 bits per heavy atom. The predicted molar refractivity (Wildman–Crippen MR) is 105 cm³/mol. The number of aromatic nitrogens is 1. The van der Waals surface area contributed by atoms with Crippen LogP contribution in [0, 0.1) is 0 Å². The fourth-order valence-electron chi connectivity index (χ4n) is 2.98. The Labute approximate surface area is 161 Å². The lowest BCUT2D eigenvalue weighted by molar-refractivity contribution is 0.0949. The highest BCUT2D eigenvalue weighted by molar-refractivity contribution is 5.94. The minimum absolute atomic E-state index is 0.0867. The molecule has 0 aliphatic carbocycles. The van der Waals surface area contributed by atoms with Crippen LogP contribution in [0.3, 0.4) is 0 Å². The molecule has 8 nitrogen and oxygen atoms in total. The zero-order chi connectivity index (χ0) is 19.6. The van der Waals surface area contributed by atoms with E-state index in [-0.39, 0.29) is 18.0 Å². The maximum atomic E-state index is 12.3. The molecule has 0 spiro atoms. The second kappa shape index (κ2) is 10.7. The highest BCUT2D eigenvalue weighted by Crippen LogP contribution is 2.16. The van der Waals surface area contributed by atoms with Crippen LogP contribution in [-0.4, -0.2) is 79.7 Å². The molecule has 0 unspecified atom stereocenters. The van der Waals surface area contributed by atoms with E-state index in [1.165, 1.54) is 0 Å². The van der Waals surface area contributed by atoms with E-state index in [0.717, 1.165) is 25.8 Å². The number of anilines is 1. The van der Waals surface area contributed by atoms with E-state index in [4.69, 9.17) is 4.74 Å². The summed E-state index contributed by atoms with van der Waals surface area (Å²) in [5, 5.41) is 6.31. The van der Waals surface area contributed by atoms with Gasteiger partial charge in [0.15, 0.2) is 0 Å². The van der Waals surface area contributed by atoms with Crippen LogP contribution in [0.5, 0.6) is 0 Å². The first-order valence-electron chi connectivity index (χ1n) is 9.56. The Balaban J connectivity index is 1.80. The molecule has 1 saturated heterocycles. The van der Waals surface area contributed by atoms with Crippen molar-refractivity contribution in [2.75, 3.05) is 52.2 Å². The number of hydrogen-bond acceptors (Lipinski definition) is 6. The van der Waals surface area contributed by atoms with E-state index in [1.807, 2.05) is 21.0 Å². The summed E-state index contributed by atoms with van der Waals surface area (Å²) in [6.07, 6.45) is 3.95. The zero-order valence-electron chi connectivity index (χ0n) is 16.5. The number of hydrogen-bond donors (Lipinski definition) is 2. The van der Waals surface area contributed by atoms with Gasteiger partial charge in [0.2, 0.25) is 0 Å². The highest BCUT2D eigenvalue weighted by atomic mass is 16.6. The summed E-state index contributed by atoms with van der Waals surface area (Å²) in [5.41, 5.74) is 0.598. The lowest BCUT2D eigenvalue weighted by atomic mass is 10.1. The second-order valence-electron chi connectivity index (χ2n) is 6.95. The van der Waals surface area contributed by atoms with Gasteiger partial charge in [0, 0.05) is 37.4 Å². The monoisotopic (exact) mass is 377 g/mol. The molecular weight excluding hydrogens is 346 g/mol. The minimum atomic E-state index is -0.248. The van der Waals surface area contributed by atoms with Gasteiger partial charge < -0.3 is 25.2 Å². The van der Waals surface area contributed by atoms with Crippen LogP contribution in [0.2, 0.25) is 0 Å². The molecule has 1 fully saturated rings. The lowest BCUT2D eigenvalue weighted by Gasteiger charge is -2.31. The van der Waals surface area contributed by atoms with Crippen molar-refractivity contribution >= 4 is 17.8 Å². The van der Waals surface area contributed by atoms with Crippen molar-refractivity contribution < 1.29 is 14.3 Å². The number of nitrogens with one attached hydrogen (secondary N) is 2. The van der Waals surface area contributed by atoms with Gasteiger partial charge in [0.1, 0.15) is 5.82 Å². The van der Waals surface area contributed by atoms with Gasteiger partial charge in [-0.15, -0.1) is 0 Å². The molecule has 2 N–H and O–H groups in total. The Kier molecular flexibility index (Phi) is 8.32. The van der Waals surface area contributed by atoms with Crippen LogP contribution in [0.15, 0.2) is 18.3 Å². The standard InChI is InChI=1S/C19H31N5O3/c1-4-27-19(26)24-12-7-16(8-13-24)22-17-14-15(6-10-20-17)18(25)21-9-5-11-23(2)3/h6,10,14,16H,4-5,7-9,11-13H2,1-3H3,(H,20,22)(H,21,25). The maximum absolute atomic E-state index is 12.3. The molecule has 0 bridgehead atoms. The summed E-state index contributed by atoms with van der Waals surface area (Å²) in [4.78, 5) is 32.2. The first-order valence-corrected chi connectivity index (χ1v) is 9.56. The summed E-state index contributed by atoms with van der Waals surface area (Å²) in [6, 6.07) is 3.72. The van der Waals surface area contributed by atoms with Gasteiger partial charge in [-0.2, -0.15) is 0 Å². The topological polar surface area (TPSA) is 86.8 Å². The van der Waals surface area contributed by atoms with Crippen molar-refractivity contribution in [2.24, 2.45) is 0 Å². The fourth-order valence-corrected chi connectivity index (χ4v) is 2.98. The highest BCUT2D eigenvalue weighted by Gasteiger charge is 2.23. The molecule has 0 atom stereocenters. The van der Waals surface area contributed by atoms with Crippen molar-refractivity contribution in [3.8, 4) is 0 Å². The third-order valence-electron chi connectivity index (χ3n) is 4.46. The van der Waals surface area contributed by atoms with Crippen molar-refractivity contribution in [1.82, 2.24) is 20.1 Å². The van der Waals surface area contributed by atoms with E-state index in [9.17, 15) is 9.59 Å². The number of piperidine rings is 1. The summed E-state index contributed by atoms with van der Waals surface area (Å²) in [5.74, 6) is 0.599. The van der Waals surface area contributed by atoms with Crippen molar-refractivity contribution in [2.45, 2.75) is 32.2 Å². The normalized spacial score (nSPS) is 14.9. The summed E-state index contributed by atoms with van der Waals surface area (Å²) >= 11 is 0. The summed E-state index contributed by atoms with van der Waals surface area (Å²) in [7, 11) is 4.03. The molecule has 8 heteroatoms. The van der Waals surface area contributed by atoms with Gasteiger partial charge >= 0.3 is 6.09 Å². The summed E-state index contributed by atoms with van der Waals surface area (Å²) in [6.45, 7) is 5.10. The maximum Gasteiger partial charge on any atom is 0.409 e. The predicted octanol–water partition coefficient (Wildman–Crippen LogP) is 1.80. The molecule has 2 rings (SSSR count). The average Bonchev–Trinajstić information content (AvgIpc) is 2.66. The van der Waals surface area contributed by atoms with Crippen LogP contribution < -0.4 is 10.6 Å². The first-order chi connectivity index (χ1) is 13.0. The molecule has 27 heavy (non-hydrogen) atoms. The Hall–Kier alpha value is -2.35. The number of nitrogens with zero attached hydrogens (tertiary/aromatic N) is 3. The smallest absolute Gasteiger partial charge is 0.409 e. The summed E-state index contributed by atoms with van der Waals surface area (Å²) < 4.78 is 5.04. The number of ether oxygens (including phenoxy) is 1. The molecule has 150 valence electrons. The fraction of sp³-hybridized carbons (Fsp3) is 0.632. The van der Waals surface area contributed by atoms with E-state index >= 15 is 0 Å². The molecule has 1 aliphatic rings. The first kappa shape index (κ1) is 21.0. The van der Waals surface area contributed by atoms with E-state index < -0.39 is 0 Å². The number of amides is 2. The third kappa shape index (κ3) is 7.05. The second-order valence-corrected chi connectivity index (χ2v) is 6.95. The van der Waals surface area contributed by atoms with Gasteiger partial charge in [-0.3, -0.25) is 4.79 Å². The molecule has 1 aromatic rings. The van der Waals surface area contributed by atoms with Gasteiger partial charge in [0.25, 0.3) is 5.91 Å².